The van der Waals surface area contributed by atoms with E-state index in [1.807, 2.05) is 18.2 Å². The maximum absolute atomic E-state index is 6.23. The summed E-state index contributed by atoms with van der Waals surface area (Å²) in [5, 5.41) is 0. The Morgan fingerprint density at radius 3 is 2.25 bits per heavy atom. The first kappa shape index (κ1) is 20.1. The van der Waals surface area contributed by atoms with Crippen molar-refractivity contribution in [3.8, 4) is 17.0 Å². The van der Waals surface area contributed by atoms with Gasteiger partial charge in [-0.15, -0.1) is 0 Å². The van der Waals surface area contributed by atoms with Gasteiger partial charge in [0.2, 0.25) is 0 Å². The summed E-state index contributed by atoms with van der Waals surface area (Å²) in [5.41, 5.74) is 8.29. The van der Waals surface area contributed by atoms with Crippen molar-refractivity contribution in [1.82, 2.24) is 4.98 Å². The van der Waals surface area contributed by atoms with Crippen LogP contribution in [-0.2, 0) is 18.4 Å². The van der Waals surface area contributed by atoms with E-state index in [-0.39, 0.29) is 5.41 Å². The Morgan fingerprint density at radius 2 is 1.64 bits per heavy atom. The van der Waals surface area contributed by atoms with Crippen molar-refractivity contribution in [1.29, 1.82) is 0 Å². The van der Waals surface area contributed by atoms with Crippen LogP contribution < -0.4 is 4.74 Å². The third-order valence-corrected chi connectivity index (χ3v) is 5.25. The van der Waals surface area contributed by atoms with E-state index in [0.717, 1.165) is 23.6 Å². The fourth-order valence-electron chi connectivity index (χ4n) is 3.52. The average Bonchev–Trinajstić information content (AvgIpc) is 2.66. The maximum atomic E-state index is 6.23. The lowest BCUT2D eigenvalue weighted by Gasteiger charge is -2.21. The van der Waals surface area contributed by atoms with Gasteiger partial charge >= 0.3 is 0 Å². The van der Waals surface area contributed by atoms with Crippen LogP contribution in [0.2, 0.25) is 0 Å². The van der Waals surface area contributed by atoms with Crippen LogP contribution in [0.25, 0.3) is 11.3 Å². The zero-order chi connectivity index (χ0) is 20.3. The summed E-state index contributed by atoms with van der Waals surface area (Å²) >= 11 is 0. The third kappa shape index (κ3) is 4.44. The fraction of sp³-hybridized carbons (Fsp3) is 0.346. The molecular weight excluding hydrogens is 342 g/mol. The quantitative estimate of drug-likeness (QED) is 0.490. The van der Waals surface area contributed by atoms with Crippen molar-refractivity contribution in [2.24, 2.45) is 0 Å². The highest BCUT2D eigenvalue weighted by Crippen LogP contribution is 2.32. The van der Waals surface area contributed by atoms with Gasteiger partial charge in [-0.2, -0.15) is 0 Å². The molecule has 28 heavy (non-hydrogen) atoms. The highest BCUT2D eigenvalue weighted by Gasteiger charge is 2.17. The first-order valence-electron chi connectivity index (χ1n) is 10.1. The van der Waals surface area contributed by atoms with Gasteiger partial charge < -0.3 is 4.74 Å². The summed E-state index contributed by atoms with van der Waals surface area (Å²) in [5.74, 6) is 0.938. The molecule has 2 heteroatoms. The van der Waals surface area contributed by atoms with Gasteiger partial charge in [-0.1, -0.05) is 76.2 Å². The standard InChI is InChI=1S/C26H31NO/c1-7-22-19(3)27-24(16-25(22)28-17-20-11-9-8-10-12-20)23-14-13-21(15-18(23)2)26(4,5)6/h8-16H,7,17H2,1-6H3. The second-order valence-corrected chi connectivity index (χ2v) is 8.48. The van der Waals surface area contributed by atoms with Gasteiger partial charge in [-0.3, -0.25) is 4.98 Å². The van der Waals surface area contributed by atoms with Crippen LogP contribution in [0.5, 0.6) is 5.75 Å². The number of aromatic nitrogens is 1. The van der Waals surface area contributed by atoms with Crippen molar-refractivity contribution in [3.63, 3.8) is 0 Å². The molecule has 0 aliphatic carbocycles. The van der Waals surface area contributed by atoms with Crippen molar-refractivity contribution in [2.75, 3.05) is 0 Å². The van der Waals surface area contributed by atoms with Crippen LogP contribution in [0.4, 0.5) is 0 Å². The van der Waals surface area contributed by atoms with E-state index in [4.69, 9.17) is 9.72 Å². The summed E-state index contributed by atoms with van der Waals surface area (Å²) in [7, 11) is 0. The molecule has 0 bridgehead atoms. The van der Waals surface area contributed by atoms with E-state index in [2.05, 4.69) is 77.9 Å². The second-order valence-electron chi connectivity index (χ2n) is 8.48. The van der Waals surface area contributed by atoms with E-state index >= 15 is 0 Å². The molecule has 0 spiro atoms. The molecule has 0 atom stereocenters. The zero-order valence-corrected chi connectivity index (χ0v) is 18.0. The molecule has 0 saturated carbocycles. The predicted molar refractivity (Wildman–Crippen MR) is 118 cm³/mol. The molecule has 0 amide bonds. The molecule has 2 aromatic carbocycles. The van der Waals surface area contributed by atoms with Gasteiger partial charge in [0.15, 0.2) is 0 Å². The SMILES string of the molecule is CCc1c(OCc2ccccc2)cc(-c2ccc(C(C)(C)C)cc2C)nc1C. The Bertz CT molecular complexity index is 952. The minimum atomic E-state index is 0.142. The molecule has 1 aromatic heterocycles. The summed E-state index contributed by atoms with van der Waals surface area (Å²) in [6.45, 7) is 13.7. The van der Waals surface area contributed by atoms with Gasteiger partial charge in [-0.25, -0.2) is 0 Å². The Balaban J connectivity index is 1.97. The molecule has 1 heterocycles. The van der Waals surface area contributed by atoms with E-state index in [1.165, 1.54) is 27.8 Å². The first-order valence-corrected chi connectivity index (χ1v) is 10.1. The minimum Gasteiger partial charge on any atom is -0.488 e. The average molecular weight is 374 g/mol. The largest absolute Gasteiger partial charge is 0.488 e. The number of rotatable bonds is 5. The van der Waals surface area contributed by atoms with Crippen LogP contribution in [0.3, 0.4) is 0 Å². The molecule has 146 valence electrons. The minimum absolute atomic E-state index is 0.142. The highest BCUT2D eigenvalue weighted by molar-refractivity contribution is 5.67. The van der Waals surface area contributed by atoms with E-state index < -0.39 is 0 Å². The first-order chi connectivity index (χ1) is 13.3. The van der Waals surface area contributed by atoms with Gasteiger partial charge in [0.1, 0.15) is 12.4 Å². The van der Waals surface area contributed by atoms with Gasteiger partial charge in [-0.05, 0) is 42.4 Å². The lowest BCUT2D eigenvalue weighted by molar-refractivity contribution is 0.302. The second kappa shape index (κ2) is 8.18. The number of aryl methyl sites for hydroxylation is 2. The summed E-state index contributed by atoms with van der Waals surface area (Å²) < 4.78 is 6.23. The lowest BCUT2D eigenvalue weighted by Crippen LogP contribution is -2.11. The number of ether oxygens (including phenoxy) is 1. The van der Waals surface area contributed by atoms with Gasteiger partial charge in [0.25, 0.3) is 0 Å². The van der Waals surface area contributed by atoms with E-state index in [9.17, 15) is 0 Å². The Hall–Kier alpha value is -2.61. The maximum Gasteiger partial charge on any atom is 0.126 e. The van der Waals surface area contributed by atoms with Gasteiger partial charge in [0.05, 0.1) is 5.69 Å². The highest BCUT2D eigenvalue weighted by atomic mass is 16.5. The molecular formula is C26H31NO. The van der Waals surface area contributed by atoms with Crippen LogP contribution >= 0.6 is 0 Å². The molecule has 3 aromatic rings. The molecule has 0 radical (unpaired) electrons. The molecule has 0 fully saturated rings. The molecule has 0 saturated heterocycles. The van der Waals surface area contributed by atoms with Crippen LogP contribution in [0, 0.1) is 13.8 Å². The van der Waals surface area contributed by atoms with E-state index in [0.29, 0.717) is 6.61 Å². The lowest BCUT2D eigenvalue weighted by atomic mass is 9.85. The molecule has 3 rings (SSSR count). The van der Waals surface area contributed by atoms with Crippen molar-refractivity contribution < 1.29 is 4.74 Å². The number of nitrogens with zero attached hydrogens (tertiary/aromatic N) is 1. The number of hydrogen-bond acceptors (Lipinski definition) is 2. The number of hydrogen-bond donors (Lipinski definition) is 0. The Labute approximate surface area is 169 Å². The van der Waals surface area contributed by atoms with Crippen LogP contribution in [0.15, 0.2) is 54.6 Å². The van der Waals surface area contributed by atoms with Crippen LogP contribution in [0.1, 0.15) is 55.6 Å². The summed E-state index contributed by atoms with van der Waals surface area (Å²) in [6, 6.07) is 19.1. The number of benzene rings is 2. The molecule has 0 unspecified atom stereocenters. The normalized spacial score (nSPS) is 11.5. The van der Waals surface area contributed by atoms with Crippen molar-refractivity contribution in [2.45, 2.75) is 60.0 Å². The zero-order valence-electron chi connectivity index (χ0n) is 18.0. The molecule has 0 aliphatic rings. The predicted octanol–water partition coefficient (Wildman–Crippen LogP) is 6.80. The van der Waals surface area contributed by atoms with Gasteiger partial charge in [0, 0.05) is 22.9 Å². The third-order valence-electron chi connectivity index (χ3n) is 5.25. The molecule has 0 N–H and O–H groups in total. The summed E-state index contributed by atoms with van der Waals surface area (Å²) in [6.07, 6.45) is 0.908. The van der Waals surface area contributed by atoms with Crippen molar-refractivity contribution in [3.05, 3.63) is 82.5 Å². The smallest absolute Gasteiger partial charge is 0.126 e. The Kier molecular flexibility index (Phi) is 5.88. The summed E-state index contributed by atoms with van der Waals surface area (Å²) in [4.78, 5) is 4.90. The fourth-order valence-corrected chi connectivity index (χ4v) is 3.52. The van der Waals surface area contributed by atoms with Crippen molar-refractivity contribution >= 4 is 0 Å². The Morgan fingerprint density at radius 1 is 0.929 bits per heavy atom. The monoisotopic (exact) mass is 373 g/mol. The van der Waals surface area contributed by atoms with Crippen LogP contribution in [-0.4, -0.2) is 4.98 Å². The van der Waals surface area contributed by atoms with E-state index in [1.54, 1.807) is 0 Å². The number of pyridine rings is 1. The molecule has 2 nitrogen and oxygen atoms in total. The molecule has 0 aliphatic heterocycles. The topological polar surface area (TPSA) is 22.1 Å².